The Balaban J connectivity index is 2.29. The van der Waals surface area contributed by atoms with Gasteiger partial charge in [-0.3, -0.25) is 4.79 Å². The Morgan fingerprint density at radius 2 is 2.17 bits per heavy atom. The zero-order chi connectivity index (χ0) is 13.4. The maximum Gasteiger partial charge on any atom is 0.220 e. The molecule has 0 aliphatic carbocycles. The van der Waals surface area contributed by atoms with E-state index < -0.39 is 0 Å². The van der Waals surface area contributed by atoms with E-state index in [4.69, 9.17) is 10.8 Å². The van der Waals surface area contributed by atoms with E-state index in [9.17, 15) is 4.79 Å². The van der Waals surface area contributed by atoms with E-state index in [0.29, 0.717) is 13.0 Å². The topological polar surface area (TPSA) is 75.4 Å². The van der Waals surface area contributed by atoms with Gasteiger partial charge >= 0.3 is 0 Å². The Bertz CT molecular complexity index is 378. The highest BCUT2D eigenvalue weighted by molar-refractivity contribution is 5.75. The molecule has 0 aliphatic rings. The van der Waals surface area contributed by atoms with Crippen LogP contribution in [0, 0.1) is 0 Å². The number of nitrogens with two attached hydrogens (primary N) is 1. The van der Waals surface area contributed by atoms with E-state index in [2.05, 4.69) is 5.32 Å². The standard InChI is InChI=1S/C14H22N2O2/c1-11(15)4-2-7-14(18)16-9-12-5-3-6-13(8-12)10-17/h3,5-6,8,11,17H,2,4,7,9-10,15H2,1H3,(H,16,18). The Kier molecular flexibility index (Phi) is 6.39. The first-order chi connectivity index (χ1) is 8.61. The molecule has 0 spiro atoms. The predicted octanol–water partition coefficient (Wildman–Crippen LogP) is 1.31. The van der Waals surface area contributed by atoms with E-state index in [0.717, 1.165) is 24.0 Å². The molecule has 4 heteroatoms. The Morgan fingerprint density at radius 1 is 1.44 bits per heavy atom. The summed E-state index contributed by atoms with van der Waals surface area (Å²) in [4.78, 5) is 11.6. The Hall–Kier alpha value is -1.39. The van der Waals surface area contributed by atoms with E-state index in [1.54, 1.807) is 0 Å². The summed E-state index contributed by atoms with van der Waals surface area (Å²) in [6.07, 6.45) is 2.20. The fourth-order valence-corrected chi connectivity index (χ4v) is 1.71. The summed E-state index contributed by atoms with van der Waals surface area (Å²) < 4.78 is 0. The van der Waals surface area contributed by atoms with E-state index >= 15 is 0 Å². The Morgan fingerprint density at radius 3 is 2.83 bits per heavy atom. The molecule has 1 unspecified atom stereocenters. The lowest BCUT2D eigenvalue weighted by molar-refractivity contribution is -0.121. The van der Waals surface area contributed by atoms with Crippen LogP contribution in [0.3, 0.4) is 0 Å². The summed E-state index contributed by atoms with van der Waals surface area (Å²) in [6.45, 7) is 2.47. The van der Waals surface area contributed by atoms with Gasteiger partial charge in [0.05, 0.1) is 6.61 Å². The second-order valence-electron chi connectivity index (χ2n) is 4.62. The van der Waals surface area contributed by atoms with Crippen LogP contribution in [0.15, 0.2) is 24.3 Å². The van der Waals surface area contributed by atoms with Gasteiger partial charge in [0.2, 0.25) is 5.91 Å². The van der Waals surface area contributed by atoms with Crippen molar-refractivity contribution < 1.29 is 9.90 Å². The normalized spacial score (nSPS) is 12.2. The summed E-state index contributed by atoms with van der Waals surface area (Å²) in [6, 6.07) is 7.71. The van der Waals surface area contributed by atoms with Crippen LogP contribution in [0.2, 0.25) is 0 Å². The van der Waals surface area contributed by atoms with Crippen LogP contribution in [0.5, 0.6) is 0 Å². The van der Waals surface area contributed by atoms with Crippen molar-refractivity contribution in [3.63, 3.8) is 0 Å². The maximum absolute atomic E-state index is 11.6. The summed E-state index contributed by atoms with van der Waals surface area (Å²) in [5.41, 5.74) is 7.48. The van der Waals surface area contributed by atoms with Gasteiger partial charge in [0, 0.05) is 19.0 Å². The van der Waals surface area contributed by atoms with Crippen molar-refractivity contribution >= 4 is 5.91 Å². The predicted molar refractivity (Wildman–Crippen MR) is 71.7 cm³/mol. The largest absolute Gasteiger partial charge is 0.392 e. The van der Waals surface area contributed by atoms with Crippen LogP contribution in [0.4, 0.5) is 0 Å². The molecule has 0 fully saturated rings. The number of hydrogen-bond donors (Lipinski definition) is 3. The summed E-state index contributed by atoms with van der Waals surface area (Å²) in [7, 11) is 0. The minimum Gasteiger partial charge on any atom is -0.392 e. The second-order valence-corrected chi connectivity index (χ2v) is 4.62. The minimum atomic E-state index is 0.0240. The van der Waals surface area contributed by atoms with Crippen LogP contribution in [-0.2, 0) is 17.9 Å². The van der Waals surface area contributed by atoms with Gasteiger partial charge in [-0.15, -0.1) is 0 Å². The molecular formula is C14H22N2O2. The summed E-state index contributed by atoms with van der Waals surface area (Å²) in [5, 5.41) is 11.9. The van der Waals surface area contributed by atoms with Crippen LogP contribution in [-0.4, -0.2) is 17.1 Å². The zero-order valence-electron chi connectivity index (χ0n) is 10.9. The van der Waals surface area contributed by atoms with Gasteiger partial charge in [0.15, 0.2) is 0 Å². The number of aliphatic hydroxyl groups excluding tert-OH is 1. The molecule has 18 heavy (non-hydrogen) atoms. The number of hydrogen-bond acceptors (Lipinski definition) is 3. The van der Waals surface area contributed by atoms with Gasteiger partial charge in [-0.2, -0.15) is 0 Å². The first-order valence-electron chi connectivity index (χ1n) is 6.32. The quantitative estimate of drug-likeness (QED) is 0.683. The van der Waals surface area contributed by atoms with Crippen molar-refractivity contribution in [3.8, 4) is 0 Å². The molecule has 1 rings (SSSR count). The molecule has 0 bridgehead atoms. The Labute approximate surface area is 108 Å². The summed E-state index contributed by atoms with van der Waals surface area (Å²) in [5.74, 6) is 0.0463. The highest BCUT2D eigenvalue weighted by Crippen LogP contribution is 2.05. The number of nitrogens with one attached hydrogen (secondary N) is 1. The molecule has 0 aliphatic heterocycles. The molecule has 1 amide bonds. The smallest absolute Gasteiger partial charge is 0.220 e. The van der Waals surface area contributed by atoms with Gasteiger partial charge in [-0.05, 0) is 30.9 Å². The second kappa shape index (κ2) is 7.84. The average Bonchev–Trinajstić information content (AvgIpc) is 2.36. The van der Waals surface area contributed by atoms with Crippen molar-refractivity contribution in [1.29, 1.82) is 0 Å². The minimum absolute atomic E-state index is 0.0240. The fourth-order valence-electron chi connectivity index (χ4n) is 1.71. The number of amides is 1. The van der Waals surface area contributed by atoms with Crippen LogP contribution >= 0.6 is 0 Å². The molecule has 0 saturated carbocycles. The van der Waals surface area contributed by atoms with Crippen molar-refractivity contribution in [2.45, 2.75) is 45.4 Å². The highest BCUT2D eigenvalue weighted by Gasteiger charge is 2.03. The number of aliphatic hydroxyl groups is 1. The molecule has 100 valence electrons. The average molecular weight is 250 g/mol. The third kappa shape index (κ3) is 5.80. The molecule has 0 aromatic heterocycles. The molecule has 0 heterocycles. The van der Waals surface area contributed by atoms with Crippen LogP contribution in [0.1, 0.15) is 37.3 Å². The first-order valence-corrected chi connectivity index (χ1v) is 6.32. The van der Waals surface area contributed by atoms with Gasteiger partial charge in [-0.1, -0.05) is 24.3 Å². The lowest BCUT2D eigenvalue weighted by Gasteiger charge is -2.07. The van der Waals surface area contributed by atoms with Crippen LogP contribution in [0.25, 0.3) is 0 Å². The summed E-state index contributed by atoms with van der Waals surface area (Å²) >= 11 is 0. The third-order valence-electron chi connectivity index (χ3n) is 2.73. The first kappa shape index (κ1) is 14.7. The third-order valence-corrected chi connectivity index (χ3v) is 2.73. The molecule has 0 saturated heterocycles. The van der Waals surface area contributed by atoms with Gasteiger partial charge < -0.3 is 16.2 Å². The van der Waals surface area contributed by atoms with Crippen molar-refractivity contribution in [2.24, 2.45) is 5.73 Å². The van der Waals surface area contributed by atoms with Gasteiger partial charge in [0.1, 0.15) is 0 Å². The maximum atomic E-state index is 11.6. The van der Waals surface area contributed by atoms with Crippen LogP contribution < -0.4 is 11.1 Å². The SMILES string of the molecule is CC(N)CCCC(=O)NCc1cccc(CO)c1. The van der Waals surface area contributed by atoms with Crippen molar-refractivity contribution in [2.75, 3.05) is 0 Å². The van der Waals surface area contributed by atoms with E-state index in [-0.39, 0.29) is 18.6 Å². The number of carbonyl (C=O) groups excluding carboxylic acids is 1. The highest BCUT2D eigenvalue weighted by atomic mass is 16.3. The number of benzene rings is 1. The van der Waals surface area contributed by atoms with Crippen molar-refractivity contribution in [1.82, 2.24) is 5.32 Å². The van der Waals surface area contributed by atoms with E-state index in [1.807, 2.05) is 31.2 Å². The molecule has 4 nitrogen and oxygen atoms in total. The lowest BCUT2D eigenvalue weighted by Crippen LogP contribution is -2.23. The molecule has 1 aromatic rings. The molecular weight excluding hydrogens is 228 g/mol. The number of carbonyl (C=O) groups is 1. The van der Waals surface area contributed by atoms with Crippen molar-refractivity contribution in [3.05, 3.63) is 35.4 Å². The number of rotatable bonds is 7. The monoisotopic (exact) mass is 250 g/mol. The van der Waals surface area contributed by atoms with Gasteiger partial charge in [0.25, 0.3) is 0 Å². The molecule has 4 N–H and O–H groups in total. The fraction of sp³-hybridized carbons (Fsp3) is 0.500. The van der Waals surface area contributed by atoms with Gasteiger partial charge in [-0.25, -0.2) is 0 Å². The zero-order valence-corrected chi connectivity index (χ0v) is 10.9. The molecule has 1 atom stereocenters. The molecule has 1 aromatic carbocycles. The lowest BCUT2D eigenvalue weighted by atomic mass is 10.1. The van der Waals surface area contributed by atoms with E-state index in [1.165, 1.54) is 0 Å². The molecule has 0 radical (unpaired) electrons.